The van der Waals surface area contributed by atoms with Gasteiger partial charge in [0.15, 0.2) is 0 Å². The zero-order chi connectivity index (χ0) is 16.9. The van der Waals surface area contributed by atoms with Crippen molar-refractivity contribution in [2.75, 3.05) is 5.32 Å². The first-order valence-electron chi connectivity index (χ1n) is 8.85. The molecule has 0 unspecified atom stereocenters. The molecule has 5 heteroatoms. The van der Waals surface area contributed by atoms with Gasteiger partial charge in [0.25, 0.3) is 0 Å². The summed E-state index contributed by atoms with van der Waals surface area (Å²) in [4.78, 5) is 23.8. The van der Waals surface area contributed by atoms with Gasteiger partial charge in [-0.2, -0.15) is 5.10 Å². The van der Waals surface area contributed by atoms with Crippen LogP contribution in [0, 0.1) is 18.8 Å². The van der Waals surface area contributed by atoms with E-state index >= 15 is 0 Å². The summed E-state index contributed by atoms with van der Waals surface area (Å²) < 4.78 is 0. The summed E-state index contributed by atoms with van der Waals surface area (Å²) in [7, 11) is 0. The molecule has 0 aromatic heterocycles. The predicted octanol–water partition coefficient (Wildman–Crippen LogP) is 3.40. The molecule has 2 aliphatic carbocycles. The lowest BCUT2D eigenvalue weighted by Crippen LogP contribution is -2.34. The maximum Gasteiger partial charge on any atom is 0.329 e. The van der Waals surface area contributed by atoms with Gasteiger partial charge in [-0.1, -0.05) is 37.0 Å². The van der Waals surface area contributed by atoms with Crippen molar-refractivity contribution >= 4 is 23.2 Å². The Morgan fingerprint density at radius 1 is 1.00 bits per heavy atom. The van der Waals surface area contributed by atoms with E-state index in [4.69, 9.17) is 0 Å². The van der Waals surface area contributed by atoms with Crippen LogP contribution in [0.4, 0.5) is 5.69 Å². The van der Waals surface area contributed by atoms with E-state index in [2.05, 4.69) is 15.8 Å². The lowest BCUT2D eigenvalue weighted by atomic mass is 9.70. The molecule has 2 N–H and O–H groups in total. The molecule has 3 rings (SSSR count). The Balaban J connectivity index is 1.50. The molecule has 2 saturated carbocycles. The molecule has 24 heavy (non-hydrogen) atoms. The fraction of sp³-hybridized carbons (Fsp3) is 0.526. The molecule has 2 fully saturated rings. The van der Waals surface area contributed by atoms with Gasteiger partial charge in [0.05, 0.1) is 0 Å². The minimum absolute atomic E-state index is 0.608. The standard InChI is InChI=1S/C19H25N3O2/c1-13-6-9-16(10-7-13)20-18(23)19(24)22-21-17-11-8-14-4-2-3-5-15(14)12-17/h6-7,9-10,14-15H,2-5,8,11-12H2,1H3,(H,20,23)(H,22,24)/b21-17-/t14-,15-/m1/s1. The molecular formula is C19H25N3O2. The second-order valence-corrected chi connectivity index (χ2v) is 6.99. The van der Waals surface area contributed by atoms with Crippen LogP contribution in [-0.4, -0.2) is 17.5 Å². The molecule has 0 bridgehead atoms. The zero-order valence-electron chi connectivity index (χ0n) is 14.2. The van der Waals surface area contributed by atoms with E-state index in [1.165, 1.54) is 25.7 Å². The van der Waals surface area contributed by atoms with Gasteiger partial charge in [-0.25, -0.2) is 5.43 Å². The van der Waals surface area contributed by atoms with Crippen LogP contribution in [0.25, 0.3) is 0 Å². The van der Waals surface area contributed by atoms with E-state index in [9.17, 15) is 9.59 Å². The quantitative estimate of drug-likeness (QED) is 0.645. The summed E-state index contributed by atoms with van der Waals surface area (Å²) >= 11 is 0. The average molecular weight is 327 g/mol. The Labute approximate surface area is 142 Å². The first-order chi connectivity index (χ1) is 11.6. The Bertz CT molecular complexity index is 637. The molecule has 0 saturated heterocycles. The van der Waals surface area contributed by atoms with Crippen molar-refractivity contribution in [3.63, 3.8) is 0 Å². The number of anilines is 1. The maximum absolute atomic E-state index is 11.9. The van der Waals surface area contributed by atoms with Gasteiger partial charge in [0, 0.05) is 11.4 Å². The Morgan fingerprint density at radius 3 is 2.46 bits per heavy atom. The molecule has 1 aromatic carbocycles. The van der Waals surface area contributed by atoms with Crippen molar-refractivity contribution in [1.82, 2.24) is 5.43 Å². The van der Waals surface area contributed by atoms with Gasteiger partial charge in [-0.05, 0) is 56.6 Å². The van der Waals surface area contributed by atoms with Crippen molar-refractivity contribution < 1.29 is 9.59 Å². The minimum Gasteiger partial charge on any atom is -0.318 e. The molecule has 2 atom stereocenters. The number of rotatable bonds is 2. The summed E-state index contributed by atoms with van der Waals surface area (Å²) in [6, 6.07) is 7.32. The number of hydrazone groups is 1. The van der Waals surface area contributed by atoms with Crippen LogP contribution < -0.4 is 10.7 Å². The fourth-order valence-corrected chi connectivity index (χ4v) is 3.80. The molecular weight excluding hydrogens is 302 g/mol. The molecule has 0 radical (unpaired) electrons. The highest BCUT2D eigenvalue weighted by Gasteiger charge is 2.30. The number of carbonyl (C=O) groups is 2. The minimum atomic E-state index is -0.714. The zero-order valence-corrected chi connectivity index (χ0v) is 14.2. The van der Waals surface area contributed by atoms with Crippen LogP contribution in [-0.2, 0) is 9.59 Å². The molecule has 2 amide bonds. The third-order valence-corrected chi connectivity index (χ3v) is 5.20. The highest BCUT2D eigenvalue weighted by atomic mass is 16.2. The lowest BCUT2D eigenvalue weighted by Gasteiger charge is -2.35. The number of hydrogen-bond acceptors (Lipinski definition) is 3. The molecule has 0 heterocycles. The van der Waals surface area contributed by atoms with E-state index in [0.717, 1.165) is 36.5 Å². The van der Waals surface area contributed by atoms with E-state index in [1.807, 2.05) is 19.1 Å². The van der Waals surface area contributed by atoms with Crippen molar-refractivity contribution in [1.29, 1.82) is 0 Å². The summed E-state index contributed by atoms with van der Waals surface area (Å²) in [6.07, 6.45) is 8.32. The summed E-state index contributed by atoms with van der Waals surface area (Å²) in [5.41, 5.74) is 5.15. The monoisotopic (exact) mass is 327 g/mol. The molecule has 5 nitrogen and oxygen atoms in total. The van der Waals surface area contributed by atoms with Crippen LogP contribution in [0.1, 0.15) is 50.5 Å². The Kier molecular flexibility index (Phi) is 5.28. The summed E-state index contributed by atoms with van der Waals surface area (Å²) in [5, 5.41) is 6.79. The lowest BCUT2D eigenvalue weighted by molar-refractivity contribution is -0.136. The fourth-order valence-electron chi connectivity index (χ4n) is 3.80. The normalized spacial score (nSPS) is 25.0. The summed E-state index contributed by atoms with van der Waals surface area (Å²) in [5.74, 6) is 0.145. The van der Waals surface area contributed by atoms with Gasteiger partial charge in [-0.15, -0.1) is 0 Å². The van der Waals surface area contributed by atoms with E-state index in [0.29, 0.717) is 11.6 Å². The van der Waals surface area contributed by atoms with Crippen molar-refractivity contribution in [3.8, 4) is 0 Å². The number of fused-ring (bicyclic) bond motifs is 1. The largest absolute Gasteiger partial charge is 0.329 e. The van der Waals surface area contributed by atoms with Gasteiger partial charge in [0.1, 0.15) is 0 Å². The second-order valence-electron chi connectivity index (χ2n) is 6.99. The first kappa shape index (κ1) is 16.7. The van der Waals surface area contributed by atoms with Gasteiger partial charge in [-0.3, -0.25) is 9.59 Å². The van der Waals surface area contributed by atoms with Crippen LogP contribution >= 0.6 is 0 Å². The molecule has 128 valence electrons. The maximum atomic E-state index is 11.9. The van der Waals surface area contributed by atoms with E-state index in [1.54, 1.807) is 12.1 Å². The summed E-state index contributed by atoms with van der Waals surface area (Å²) in [6.45, 7) is 1.97. The highest BCUT2D eigenvalue weighted by molar-refractivity contribution is 6.39. The Hall–Kier alpha value is -2.17. The van der Waals surface area contributed by atoms with Crippen LogP contribution in [0.5, 0.6) is 0 Å². The van der Waals surface area contributed by atoms with Crippen LogP contribution in [0.2, 0.25) is 0 Å². The molecule has 0 aliphatic heterocycles. The number of nitrogens with zero attached hydrogens (tertiary/aromatic N) is 1. The third kappa shape index (κ3) is 4.22. The number of benzene rings is 1. The van der Waals surface area contributed by atoms with Gasteiger partial charge in [0.2, 0.25) is 0 Å². The van der Waals surface area contributed by atoms with Crippen molar-refractivity contribution in [3.05, 3.63) is 29.8 Å². The van der Waals surface area contributed by atoms with Gasteiger partial charge < -0.3 is 5.32 Å². The van der Waals surface area contributed by atoms with E-state index in [-0.39, 0.29) is 0 Å². The second kappa shape index (κ2) is 7.60. The van der Waals surface area contributed by atoms with Crippen LogP contribution in [0.3, 0.4) is 0 Å². The van der Waals surface area contributed by atoms with Crippen LogP contribution in [0.15, 0.2) is 29.4 Å². The van der Waals surface area contributed by atoms with Crippen molar-refractivity contribution in [2.24, 2.45) is 16.9 Å². The first-order valence-corrected chi connectivity index (χ1v) is 8.85. The topological polar surface area (TPSA) is 70.6 Å². The molecule has 0 spiro atoms. The number of nitrogens with one attached hydrogen (secondary N) is 2. The van der Waals surface area contributed by atoms with E-state index < -0.39 is 11.8 Å². The predicted molar refractivity (Wildman–Crippen MR) is 94.7 cm³/mol. The smallest absolute Gasteiger partial charge is 0.318 e. The van der Waals surface area contributed by atoms with Crippen molar-refractivity contribution in [2.45, 2.75) is 51.9 Å². The number of carbonyl (C=O) groups excluding carboxylic acids is 2. The Morgan fingerprint density at radius 2 is 1.71 bits per heavy atom. The number of aryl methyl sites for hydroxylation is 1. The SMILES string of the molecule is Cc1ccc(NC(=O)C(=O)N/N=C2/CC[C@H]3CCCC[C@@H]3C2)cc1. The number of amides is 2. The molecule has 2 aliphatic rings. The average Bonchev–Trinajstić information content (AvgIpc) is 2.61. The third-order valence-electron chi connectivity index (χ3n) is 5.20. The number of hydrogen-bond donors (Lipinski definition) is 2. The van der Waals surface area contributed by atoms with Gasteiger partial charge >= 0.3 is 11.8 Å². The molecule has 1 aromatic rings. The highest BCUT2D eigenvalue weighted by Crippen LogP contribution is 2.39.